The second-order valence-corrected chi connectivity index (χ2v) is 6.22. The molecule has 7 nitrogen and oxygen atoms in total. The summed E-state index contributed by atoms with van der Waals surface area (Å²) in [6.07, 6.45) is 2.21. The smallest absolute Gasteiger partial charge is 0.405 e. The van der Waals surface area contributed by atoms with Gasteiger partial charge in [-0.05, 0) is 32.8 Å². The van der Waals surface area contributed by atoms with Gasteiger partial charge in [-0.3, -0.25) is 4.79 Å². The normalized spacial score (nSPS) is 14.3. The molecule has 0 atom stereocenters. The molecule has 0 unspecified atom stereocenters. The fraction of sp³-hybridized carbons (Fsp3) is 0.500. The molecule has 0 aromatic carbocycles. The Kier molecular flexibility index (Phi) is 4.75. The minimum Gasteiger partial charge on any atom is -0.490 e. The van der Waals surface area contributed by atoms with Crippen LogP contribution in [0, 0.1) is 0 Å². The van der Waals surface area contributed by atoms with Gasteiger partial charge in [-0.1, -0.05) is 11.6 Å². The SMILES string of the molecule is CC(C)(COc1cnc(Cl)c(C(=O)NC2CC2)c1)NC(=O)O. The maximum absolute atomic E-state index is 12.0. The molecule has 1 aromatic heterocycles. The number of nitrogens with zero attached hydrogens (tertiary/aromatic N) is 1. The molecule has 0 aliphatic heterocycles. The number of hydrogen-bond acceptors (Lipinski definition) is 4. The van der Waals surface area contributed by atoms with Crippen molar-refractivity contribution in [1.29, 1.82) is 0 Å². The van der Waals surface area contributed by atoms with E-state index in [1.165, 1.54) is 12.3 Å². The number of carbonyl (C=O) groups excluding carboxylic acids is 1. The van der Waals surface area contributed by atoms with Crippen molar-refractivity contribution in [3.05, 3.63) is 23.0 Å². The molecular formula is C14H18ClN3O4. The van der Waals surface area contributed by atoms with E-state index in [9.17, 15) is 9.59 Å². The lowest BCUT2D eigenvalue weighted by Crippen LogP contribution is -2.47. The molecule has 3 N–H and O–H groups in total. The molecule has 1 aliphatic rings. The van der Waals surface area contributed by atoms with E-state index >= 15 is 0 Å². The molecule has 1 aromatic rings. The van der Waals surface area contributed by atoms with Crippen LogP contribution < -0.4 is 15.4 Å². The first-order chi connectivity index (χ1) is 10.3. The maximum atomic E-state index is 12.0. The third-order valence-corrected chi connectivity index (χ3v) is 3.32. The molecule has 120 valence electrons. The molecule has 0 spiro atoms. The lowest BCUT2D eigenvalue weighted by Gasteiger charge is -2.24. The van der Waals surface area contributed by atoms with E-state index in [0.717, 1.165) is 12.8 Å². The minimum atomic E-state index is -1.13. The van der Waals surface area contributed by atoms with Gasteiger partial charge in [-0.15, -0.1) is 0 Å². The predicted octanol–water partition coefficient (Wildman–Crippen LogP) is 2.05. The van der Waals surface area contributed by atoms with E-state index in [2.05, 4.69) is 15.6 Å². The summed E-state index contributed by atoms with van der Waals surface area (Å²) in [5.41, 5.74) is -0.530. The van der Waals surface area contributed by atoms with Gasteiger partial charge in [0.2, 0.25) is 0 Å². The van der Waals surface area contributed by atoms with Gasteiger partial charge in [-0.25, -0.2) is 9.78 Å². The van der Waals surface area contributed by atoms with E-state index < -0.39 is 11.6 Å². The first-order valence-corrected chi connectivity index (χ1v) is 7.25. The van der Waals surface area contributed by atoms with Crippen LogP contribution in [0.15, 0.2) is 12.3 Å². The molecule has 1 heterocycles. The molecule has 1 fully saturated rings. The highest BCUT2D eigenvalue weighted by Gasteiger charge is 2.26. The van der Waals surface area contributed by atoms with Crippen molar-refractivity contribution in [1.82, 2.24) is 15.6 Å². The molecule has 0 saturated heterocycles. The van der Waals surface area contributed by atoms with Crippen molar-refractivity contribution in [2.75, 3.05) is 6.61 Å². The van der Waals surface area contributed by atoms with Crippen LogP contribution >= 0.6 is 11.6 Å². The molecule has 2 rings (SSSR count). The molecule has 2 amide bonds. The zero-order chi connectivity index (χ0) is 16.3. The Labute approximate surface area is 133 Å². The summed E-state index contributed by atoms with van der Waals surface area (Å²) >= 11 is 5.94. The fourth-order valence-electron chi connectivity index (χ4n) is 1.75. The summed E-state index contributed by atoms with van der Waals surface area (Å²) < 4.78 is 5.51. The van der Waals surface area contributed by atoms with E-state index in [1.807, 2.05) is 0 Å². The largest absolute Gasteiger partial charge is 0.490 e. The number of amides is 2. The van der Waals surface area contributed by atoms with Crippen LogP contribution in [0.4, 0.5) is 4.79 Å². The summed E-state index contributed by atoms with van der Waals surface area (Å²) in [6, 6.07) is 1.72. The quantitative estimate of drug-likeness (QED) is 0.694. The van der Waals surface area contributed by atoms with Crippen LogP contribution in [0.25, 0.3) is 0 Å². The molecule has 1 aliphatic carbocycles. The van der Waals surface area contributed by atoms with Gasteiger partial charge in [0.05, 0.1) is 17.3 Å². The number of nitrogens with one attached hydrogen (secondary N) is 2. The fourth-order valence-corrected chi connectivity index (χ4v) is 1.94. The molecule has 0 radical (unpaired) electrons. The minimum absolute atomic E-state index is 0.0896. The van der Waals surface area contributed by atoms with Crippen molar-refractivity contribution in [3.63, 3.8) is 0 Å². The second-order valence-electron chi connectivity index (χ2n) is 5.86. The van der Waals surface area contributed by atoms with E-state index in [-0.39, 0.29) is 29.3 Å². The van der Waals surface area contributed by atoms with Crippen molar-refractivity contribution in [2.24, 2.45) is 0 Å². The second kappa shape index (κ2) is 6.39. The van der Waals surface area contributed by atoms with Gasteiger partial charge in [-0.2, -0.15) is 0 Å². The van der Waals surface area contributed by atoms with Gasteiger partial charge in [0, 0.05) is 6.04 Å². The lowest BCUT2D eigenvalue weighted by molar-refractivity contribution is 0.0950. The van der Waals surface area contributed by atoms with Gasteiger partial charge in [0.1, 0.15) is 17.5 Å². The number of pyridine rings is 1. The Bertz CT molecular complexity index is 587. The van der Waals surface area contributed by atoms with Crippen molar-refractivity contribution >= 4 is 23.6 Å². The standard InChI is InChI=1S/C14H18ClN3O4/c1-14(2,18-13(20)21)7-22-9-5-10(11(15)16-6-9)12(19)17-8-3-4-8/h5-6,8,18H,3-4,7H2,1-2H3,(H,17,19)(H,20,21). The molecule has 22 heavy (non-hydrogen) atoms. The first-order valence-electron chi connectivity index (χ1n) is 6.87. The summed E-state index contributed by atoms with van der Waals surface area (Å²) in [4.78, 5) is 26.6. The number of carbonyl (C=O) groups is 2. The predicted molar refractivity (Wildman–Crippen MR) is 80.5 cm³/mol. The Morgan fingerprint density at radius 3 is 2.77 bits per heavy atom. The van der Waals surface area contributed by atoms with Crippen LogP contribution in [0.3, 0.4) is 0 Å². The van der Waals surface area contributed by atoms with Crippen LogP contribution in [-0.4, -0.2) is 40.3 Å². The zero-order valence-corrected chi connectivity index (χ0v) is 13.1. The molecule has 1 saturated carbocycles. The Balaban J connectivity index is 2.02. The highest BCUT2D eigenvalue weighted by atomic mass is 35.5. The van der Waals surface area contributed by atoms with Gasteiger partial charge >= 0.3 is 6.09 Å². The van der Waals surface area contributed by atoms with Gasteiger partial charge in [0.15, 0.2) is 0 Å². The maximum Gasteiger partial charge on any atom is 0.405 e. The first kappa shape index (κ1) is 16.4. The number of hydrogen-bond donors (Lipinski definition) is 3. The monoisotopic (exact) mass is 327 g/mol. The third-order valence-electron chi connectivity index (χ3n) is 3.02. The van der Waals surface area contributed by atoms with Gasteiger partial charge < -0.3 is 20.5 Å². The summed E-state index contributed by atoms with van der Waals surface area (Å²) in [5.74, 6) is 0.0685. The van der Waals surface area contributed by atoms with Crippen LogP contribution in [0.5, 0.6) is 5.75 Å². The molecule has 8 heteroatoms. The van der Waals surface area contributed by atoms with E-state index in [4.69, 9.17) is 21.4 Å². The summed E-state index contributed by atoms with van der Waals surface area (Å²) in [7, 11) is 0. The highest BCUT2D eigenvalue weighted by Crippen LogP contribution is 2.23. The molecule has 0 bridgehead atoms. The molecular weight excluding hydrogens is 310 g/mol. The Morgan fingerprint density at radius 1 is 1.50 bits per heavy atom. The van der Waals surface area contributed by atoms with E-state index in [1.54, 1.807) is 13.8 Å². The average molecular weight is 328 g/mol. The van der Waals surface area contributed by atoms with Crippen molar-refractivity contribution in [2.45, 2.75) is 38.3 Å². The number of ether oxygens (including phenoxy) is 1. The van der Waals surface area contributed by atoms with E-state index in [0.29, 0.717) is 5.75 Å². The number of halogens is 1. The zero-order valence-electron chi connectivity index (χ0n) is 12.4. The summed E-state index contributed by atoms with van der Waals surface area (Å²) in [6.45, 7) is 3.46. The lowest BCUT2D eigenvalue weighted by atomic mass is 10.1. The van der Waals surface area contributed by atoms with Crippen molar-refractivity contribution < 1.29 is 19.4 Å². The number of rotatable bonds is 6. The third kappa shape index (κ3) is 4.77. The Hall–Kier alpha value is -2.02. The number of carboxylic acid groups (broad SMARTS) is 1. The topological polar surface area (TPSA) is 101 Å². The van der Waals surface area contributed by atoms with Crippen LogP contribution in [0.2, 0.25) is 5.15 Å². The van der Waals surface area contributed by atoms with Crippen LogP contribution in [-0.2, 0) is 0 Å². The van der Waals surface area contributed by atoms with Crippen LogP contribution in [0.1, 0.15) is 37.0 Å². The average Bonchev–Trinajstić information content (AvgIpc) is 3.20. The highest BCUT2D eigenvalue weighted by molar-refractivity contribution is 6.32. The van der Waals surface area contributed by atoms with Gasteiger partial charge in [0.25, 0.3) is 5.91 Å². The Morgan fingerprint density at radius 2 is 2.18 bits per heavy atom. The summed E-state index contributed by atoms with van der Waals surface area (Å²) in [5, 5.41) is 14.0. The number of aromatic nitrogens is 1. The van der Waals surface area contributed by atoms with Crippen molar-refractivity contribution in [3.8, 4) is 5.75 Å².